The summed E-state index contributed by atoms with van der Waals surface area (Å²) >= 11 is 0. The third kappa shape index (κ3) is 174. The molecule has 0 aliphatic rings. The zero-order valence-electron chi connectivity index (χ0n) is 7.38. The molecule has 0 spiro atoms. The van der Waals surface area contributed by atoms with Crippen LogP contribution in [0.1, 0.15) is 6.92 Å². The van der Waals surface area contributed by atoms with Crippen LogP contribution in [0.25, 0.3) is 0 Å². The zero-order valence-corrected chi connectivity index (χ0v) is 7.38. The molecule has 0 aromatic rings. The molecule has 0 fully saturated rings. The first-order valence-electron chi connectivity index (χ1n) is 2.98. The number of nitrogens with two attached hydrogens (primary N) is 2. The molecular weight excluding hydrogens is 172 g/mol. The normalized spacial score (nSPS) is 7.77. The predicted octanol–water partition coefficient (Wildman–Crippen LogP) is 1.03. The van der Waals surface area contributed by atoms with Crippen LogP contribution in [-0.4, -0.2) is 12.7 Å². The molecule has 6 N–H and O–H groups in total. The number of hydrogen-bond donors (Lipinski definition) is 4. The Morgan fingerprint density at radius 1 is 1.08 bits per heavy atom. The Labute approximate surface area is 76.4 Å². The molecule has 0 bridgehead atoms. The lowest BCUT2D eigenvalue weighted by Gasteiger charge is -1.58. The van der Waals surface area contributed by atoms with E-state index in [0.717, 1.165) is 12.7 Å². The Hall–Kier alpha value is -2.12. The molecule has 0 rings (SSSR count). The fourth-order valence-electron chi connectivity index (χ4n) is 0.0667. The number of nitrogens with one attached hydrogen (secondary N) is 2. The van der Waals surface area contributed by atoms with Crippen molar-refractivity contribution < 1.29 is 0 Å². The second-order valence-corrected chi connectivity index (χ2v) is 1.20. The van der Waals surface area contributed by atoms with Gasteiger partial charge in [-0.15, -0.1) is 16.8 Å². The molecule has 0 heterocycles. The van der Waals surface area contributed by atoms with Crippen molar-refractivity contribution in [2.24, 2.45) is 32.1 Å². The number of allylic oxidation sites excluding steroid dienone is 1. The minimum atomic E-state index is 0.944. The number of rotatable bonds is 2. The Morgan fingerprint density at radius 2 is 1.31 bits per heavy atom. The molecule has 0 unspecified atom stereocenters. The van der Waals surface area contributed by atoms with E-state index in [1.165, 1.54) is 0 Å². The van der Waals surface area contributed by atoms with Crippen molar-refractivity contribution in [2.45, 2.75) is 6.92 Å². The first kappa shape index (κ1) is 17.1. The number of nitrogens with zero attached hydrogens (tertiary/aromatic N) is 4. The third-order valence-electron chi connectivity index (χ3n) is 0.249. The molecule has 8 heteroatoms. The van der Waals surface area contributed by atoms with E-state index in [1.54, 1.807) is 6.08 Å². The highest BCUT2D eigenvalue weighted by Gasteiger charge is 1.44. The standard InChI is InChI=1S/C3H6.2CH4N4/c1-3-2;2*2-4-1-5-3/h3H,1H2,2H3;2*1-2H,3H2. The Balaban J connectivity index is -0.000000120. The summed E-state index contributed by atoms with van der Waals surface area (Å²) in [4.78, 5) is 0. The highest BCUT2D eigenvalue weighted by atomic mass is 15.2. The van der Waals surface area contributed by atoms with Gasteiger partial charge in [0.2, 0.25) is 0 Å². The second-order valence-electron chi connectivity index (χ2n) is 1.20. The lowest BCUT2D eigenvalue weighted by Crippen LogP contribution is -1.75. The largest absolute Gasteiger partial charge is 0.322 e. The van der Waals surface area contributed by atoms with E-state index in [4.69, 9.17) is 11.1 Å². The first-order chi connectivity index (χ1) is 6.24. The summed E-state index contributed by atoms with van der Waals surface area (Å²) in [6.45, 7) is 5.25. The second kappa shape index (κ2) is 32.7. The van der Waals surface area contributed by atoms with Crippen LogP contribution in [0.2, 0.25) is 0 Å². The van der Waals surface area contributed by atoms with E-state index in [-0.39, 0.29) is 0 Å². The third-order valence-corrected chi connectivity index (χ3v) is 0.249. The predicted molar refractivity (Wildman–Crippen MR) is 51.5 cm³/mol. The maximum absolute atomic E-state index is 6.00. The minimum Gasteiger partial charge on any atom is -0.322 e. The minimum absolute atomic E-state index is 0.944. The van der Waals surface area contributed by atoms with Gasteiger partial charge in [0.15, 0.2) is 12.7 Å². The van der Waals surface area contributed by atoms with Gasteiger partial charge in [0.25, 0.3) is 0 Å². The van der Waals surface area contributed by atoms with Gasteiger partial charge < -0.3 is 11.7 Å². The lowest BCUT2D eigenvalue weighted by molar-refractivity contribution is 1.17. The maximum atomic E-state index is 6.00. The van der Waals surface area contributed by atoms with Gasteiger partial charge in [0.1, 0.15) is 0 Å². The number of hydrazone groups is 2. The van der Waals surface area contributed by atoms with Crippen LogP contribution in [0, 0.1) is 11.1 Å². The van der Waals surface area contributed by atoms with Gasteiger partial charge in [0.05, 0.1) is 0 Å². The van der Waals surface area contributed by atoms with Crippen molar-refractivity contribution in [1.82, 2.24) is 0 Å². The van der Waals surface area contributed by atoms with Crippen molar-refractivity contribution >= 4 is 12.7 Å². The molecule has 74 valence electrons. The molecule has 13 heavy (non-hydrogen) atoms. The van der Waals surface area contributed by atoms with Crippen LogP contribution in [0.3, 0.4) is 0 Å². The van der Waals surface area contributed by atoms with E-state index in [1.807, 2.05) is 6.92 Å². The van der Waals surface area contributed by atoms with Gasteiger partial charge in [-0.2, -0.15) is 10.2 Å². The molecule has 0 aliphatic heterocycles. The van der Waals surface area contributed by atoms with Crippen molar-refractivity contribution in [1.29, 1.82) is 11.1 Å². The van der Waals surface area contributed by atoms with Gasteiger partial charge in [-0.1, -0.05) is 6.08 Å². The van der Waals surface area contributed by atoms with E-state index < -0.39 is 0 Å². The maximum Gasteiger partial charge on any atom is 0.156 e. The summed E-state index contributed by atoms with van der Waals surface area (Å²) < 4.78 is 0. The van der Waals surface area contributed by atoms with Gasteiger partial charge in [0, 0.05) is 0 Å². The molecule has 0 amide bonds. The van der Waals surface area contributed by atoms with Crippen molar-refractivity contribution in [2.75, 3.05) is 0 Å². The summed E-state index contributed by atoms with van der Waals surface area (Å²) in [7, 11) is 0. The average molecular weight is 186 g/mol. The molecule has 0 aromatic heterocycles. The summed E-state index contributed by atoms with van der Waals surface area (Å²) in [5, 5.41) is 11.1. The zero-order chi connectivity index (χ0) is 10.9. The van der Waals surface area contributed by atoms with Gasteiger partial charge in [-0.3, -0.25) is 0 Å². The van der Waals surface area contributed by atoms with E-state index in [9.17, 15) is 0 Å². The van der Waals surface area contributed by atoms with Crippen LogP contribution < -0.4 is 11.7 Å². The topological polar surface area (TPSA) is 149 Å². The highest BCUT2D eigenvalue weighted by molar-refractivity contribution is 5.53. The van der Waals surface area contributed by atoms with Crippen LogP contribution in [-0.2, 0) is 0 Å². The summed E-state index contributed by atoms with van der Waals surface area (Å²) in [6, 6.07) is 0. The van der Waals surface area contributed by atoms with Crippen molar-refractivity contribution in [3.8, 4) is 0 Å². The fraction of sp³-hybridized carbons (Fsp3) is 0.200. The summed E-state index contributed by atoms with van der Waals surface area (Å²) in [6.07, 6.45) is 3.64. The van der Waals surface area contributed by atoms with Crippen LogP contribution >= 0.6 is 0 Å². The van der Waals surface area contributed by atoms with E-state index >= 15 is 0 Å². The molecule has 0 aliphatic carbocycles. The molecular formula is C5H14N8. The molecule has 0 saturated carbocycles. The fourth-order valence-corrected chi connectivity index (χ4v) is 0.0667. The van der Waals surface area contributed by atoms with Crippen molar-refractivity contribution in [3.63, 3.8) is 0 Å². The first-order valence-corrected chi connectivity index (χ1v) is 2.98. The van der Waals surface area contributed by atoms with Crippen LogP contribution in [0.15, 0.2) is 33.1 Å². The molecule has 0 saturated heterocycles. The molecule has 8 nitrogen and oxygen atoms in total. The molecule has 0 aromatic carbocycles. The van der Waals surface area contributed by atoms with E-state index in [0.29, 0.717) is 0 Å². The SMILES string of the molecule is C=CC.N=NC=NN.N=NC=NN. The number of hydrogen-bond acceptors (Lipinski definition) is 6. The van der Waals surface area contributed by atoms with Crippen LogP contribution in [0.4, 0.5) is 0 Å². The van der Waals surface area contributed by atoms with Crippen molar-refractivity contribution in [3.05, 3.63) is 12.7 Å². The Kier molecular flexibility index (Phi) is 43.0. The molecule has 0 atom stereocenters. The quantitative estimate of drug-likeness (QED) is 0.127. The van der Waals surface area contributed by atoms with Gasteiger partial charge >= 0.3 is 0 Å². The Morgan fingerprint density at radius 3 is 1.31 bits per heavy atom. The summed E-state index contributed by atoms with van der Waals surface area (Å²) in [5.41, 5.74) is 12.0. The van der Waals surface area contributed by atoms with Gasteiger partial charge in [-0.25, -0.2) is 11.1 Å². The molecule has 0 radical (unpaired) electrons. The Bertz CT molecular complexity index is 144. The monoisotopic (exact) mass is 186 g/mol. The summed E-state index contributed by atoms with van der Waals surface area (Å²) in [5.74, 6) is 8.99. The lowest BCUT2D eigenvalue weighted by atomic mass is 10.8. The highest BCUT2D eigenvalue weighted by Crippen LogP contribution is 1.45. The smallest absolute Gasteiger partial charge is 0.156 e. The van der Waals surface area contributed by atoms with Gasteiger partial charge in [-0.05, 0) is 6.92 Å². The van der Waals surface area contributed by atoms with E-state index in [2.05, 4.69) is 38.7 Å². The van der Waals surface area contributed by atoms with Crippen LogP contribution in [0.5, 0.6) is 0 Å². The average Bonchev–Trinajstić information content (AvgIpc) is 2.09.